The van der Waals surface area contributed by atoms with Gasteiger partial charge in [-0.3, -0.25) is 9.59 Å². The molecule has 0 bridgehead atoms. The molecule has 20 heavy (non-hydrogen) atoms. The molecular formula is C14H22N4O2. The molecule has 110 valence electrons. The molecule has 0 heterocycles. The van der Waals surface area contributed by atoms with E-state index in [2.05, 4.69) is 5.32 Å². The molecule has 0 radical (unpaired) electrons. The van der Waals surface area contributed by atoms with E-state index >= 15 is 0 Å². The summed E-state index contributed by atoms with van der Waals surface area (Å²) >= 11 is 0. The summed E-state index contributed by atoms with van der Waals surface area (Å²) in [4.78, 5) is 24.8. The van der Waals surface area contributed by atoms with Gasteiger partial charge in [-0.1, -0.05) is 13.8 Å². The average Bonchev–Trinajstić information content (AvgIpc) is 2.35. The predicted molar refractivity (Wildman–Crippen MR) is 80.5 cm³/mol. The van der Waals surface area contributed by atoms with Crippen molar-refractivity contribution in [2.24, 2.45) is 11.7 Å². The van der Waals surface area contributed by atoms with Gasteiger partial charge in [0, 0.05) is 19.3 Å². The minimum Gasteiger partial charge on any atom is -0.399 e. The molecule has 0 aliphatic rings. The van der Waals surface area contributed by atoms with Crippen LogP contribution in [0.25, 0.3) is 0 Å². The van der Waals surface area contributed by atoms with Gasteiger partial charge in [0.25, 0.3) is 5.91 Å². The van der Waals surface area contributed by atoms with Crippen molar-refractivity contribution in [2.45, 2.75) is 13.8 Å². The van der Waals surface area contributed by atoms with Gasteiger partial charge in [0.2, 0.25) is 5.91 Å². The zero-order chi connectivity index (χ0) is 15.3. The maximum Gasteiger partial charge on any atom is 0.250 e. The first-order valence-corrected chi connectivity index (χ1v) is 6.48. The predicted octanol–water partition coefficient (Wildman–Crippen LogP) is 0.576. The molecule has 6 heteroatoms. The number of nitrogen functional groups attached to an aromatic ring is 1. The first kappa shape index (κ1) is 15.8. The van der Waals surface area contributed by atoms with E-state index in [0.29, 0.717) is 29.4 Å². The fourth-order valence-electron chi connectivity index (χ4n) is 1.75. The van der Waals surface area contributed by atoms with Crippen molar-refractivity contribution in [1.82, 2.24) is 5.32 Å². The van der Waals surface area contributed by atoms with Crippen LogP contribution in [0.4, 0.5) is 11.4 Å². The Labute approximate surface area is 119 Å². The number of nitrogens with zero attached hydrogens (tertiary/aromatic N) is 1. The van der Waals surface area contributed by atoms with Crippen LogP contribution in [-0.2, 0) is 4.79 Å². The second-order valence-corrected chi connectivity index (χ2v) is 5.19. The zero-order valence-electron chi connectivity index (χ0n) is 12.1. The average molecular weight is 278 g/mol. The summed E-state index contributed by atoms with van der Waals surface area (Å²) in [7, 11) is 1.72. The van der Waals surface area contributed by atoms with E-state index in [1.54, 1.807) is 30.1 Å². The largest absolute Gasteiger partial charge is 0.399 e. The van der Waals surface area contributed by atoms with Crippen LogP contribution in [-0.4, -0.2) is 32.0 Å². The normalized spacial score (nSPS) is 10.4. The first-order valence-electron chi connectivity index (χ1n) is 6.48. The molecule has 6 nitrogen and oxygen atoms in total. The summed E-state index contributed by atoms with van der Waals surface area (Å²) in [6, 6.07) is 4.81. The van der Waals surface area contributed by atoms with Gasteiger partial charge >= 0.3 is 0 Å². The number of likely N-dealkylation sites (N-methyl/N-ethyl adjacent to an activating group) is 1. The molecular weight excluding hydrogens is 256 g/mol. The fourth-order valence-corrected chi connectivity index (χ4v) is 1.75. The fraction of sp³-hybridized carbons (Fsp3) is 0.429. The van der Waals surface area contributed by atoms with Crippen molar-refractivity contribution < 1.29 is 9.59 Å². The van der Waals surface area contributed by atoms with Gasteiger partial charge in [0.15, 0.2) is 0 Å². The summed E-state index contributed by atoms with van der Waals surface area (Å²) < 4.78 is 0. The molecule has 2 amide bonds. The number of benzene rings is 1. The van der Waals surface area contributed by atoms with Crippen LogP contribution in [0.3, 0.4) is 0 Å². The number of hydrogen-bond acceptors (Lipinski definition) is 4. The Bertz CT molecular complexity index is 500. The maximum absolute atomic E-state index is 11.8. The quantitative estimate of drug-likeness (QED) is 0.662. The summed E-state index contributed by atoms with van der Waals surface area (Å²) in [5.74, 6) is -0.272. The number of hydrogen-bond donors (Lipinski definition) is 3. The molecule has 0 aromatic heterocycles. The Morgan fingerprint density at radius 2 is 2.00 bits per heavy atom. The van der Waals surface area contributed by atoms with E-state index < -0.39 is 5.91 Å². The van der Waals surface area contributed by atoms with Crippen molar-refractivity contribution in [2.75, 3.05) is 30.8 Å². The van der Waals surface area contributed by atoms with E-state index in [9.17, 15) is 9.59 Å². The number of rotatable bonds is 6. The number of nitrogens with one attached hydrogen (secondary N) is 1. The molecule has 0 saturated heterocycles. The second-order valence-electron chi connectivity index (χ2n) is 5.19. The van der Waals surface area contributed by atoms with E-state index in [1.807, 2.05) is 13.8 Å². The van der Waals surface area contributed by atoms with Crippen molar-refractivity contribution in [3.05, 3.63) is 23.8 Å². The third-order valence-corrected chi connectivity index (χ3v) is 2.79. The molecule has 1 rings (SSSR count). The third kappa shape index (κ3) is 4.46. The van der Waals surface area contributed by atoms with Crippen LogP contribution in [0.2, 0.25) is 0 Å². The summed E-state index contributed by atoms with van der Waals surface area (Å²) in [6.45, 7) is 4.79. The lowest BCUT2D eigenvalue weighted by molar-refractivity contribution is -0.119. The highest BCUT2D eigenvalue weighted by atomic mass is 16.2. The lowest BCUT2D eigenvalue weighted by Crippen LogP contribution is -2.37. The van der Waals surface area contributed by atoms with Gasteiger partial charge in [0.05, 0.1) is 17.8 Å². The minimum atomic E-state index is -0.547. The van der Waals surface area contributed by atoms with Gasteiger partial charge < -0.3 is 21.7 Å². The monoisotopic (exact) mass is 278 g/mol. The van der Waals surface area contributed by atoms with Gasteiger partial charge in [-0.25, -0.2) is 0 Å². The molecule has 0 aliphatic carbocycles. The molecule has 0 fully saturated rings. The Kier molecular flexibility index (Phi) is 5.37. The molecule has 1 aromatic carbocycles. The van der Waals surface area contributed by atoms with Crippen molar-refractivity contribution >= 4 is 23.2 Å². The summed E-state index contributed by atoms with van der Waals surface area (Å²) in [5.41, 5.74) is 12.5. The molecule has 0 aliphatic heterocycles. The SMILES string of the molecule is CC(C)CNC(=O)CN(C)c1cc(N)ccc1C(N)=O. The number of anilines is 2. The Balaban J connectivity index is 2.81. The minimum absolute atomic E-state index is 0.112. The molecule has 0 atom stereocenters. The highest BCUT2D eigenvalue weighted by molar-refractivity contribution is 6.00. The van der Waals surface area contributed by atoms with Crippen LogP contribution in [0, 0.1) is 5.92 Å². The molecule has 1 aromatic rings. The number of carbonyl (C=O) groups is 2. The van der Waals surface area contributed by atoms with Crippen LogP contribution < -0.4 is 21.7 Å². The molecule has 5 N–H and O–H groups in total. The lowest BCUT2D eigenvalue weighted by Gasteiger charge is -2.21. The lowest BCUT2D eigenvalue weighted by atomic mass is 10.1. The van der Waals surface area contributed by atoms with E-state index in [1.165, 1.54) is 0 Å². The van der Waals surface area contributed by atoms with Gasteiger partial charge in [0.1, 0.15) is 0 Å². The van der Waals surface area contributed by atoms with Gasteiger partial charge in [-0.2, -0.15) is 0 Å². The smallest absolute Gasteiger partial charge is 0.250 e. The number of nitrogens with two attached hydrogens (primary N) is 2. The van der Waals surface area contributed by atoms with Crippen molar-refractivity contribution in [3.63, 3.8) is 0 Å². The first-order chi connectivity index (χ1) is 9.31. The van der Waals surface area contributed by atoms with E-state index in [4.69, 9.17) is 11.5 Å². The third-order valence-electron chi connectivity index (χ3n) is 2.79. The van der Waals surface area contributed by atoms with Crippen molar-refractivity contribution in [1.29, 1.82) is 0 Å². The van der Waals surface area contributed by atoms with Gasteiger partial charge in [-0.15, -0.1) is 0 Å². The van der Waals surface area contributed by atoms with Crippen LogP contribution in [0.1, 0.15) is 24.2 Å². The summed E-state index contributed by atoms with van der Waals surface area (Å²) in [6.07, 6.45) is 0. The topological polar surface area (TPSA) is 101 Å². The maximum atomic E-state index is 11.8. The molecule has 0 saturated carbocycles. The zero-order valence-corrected chi connectivity index (χ0v) is 12.1. The number of primary amides is 1. The number of amides is 2. The number of carbonyl (C=O) groups excluding carboxylic acids is 2. The van der Waals surface area contributed by atoms with E-state index in [-0.39, 0.29) is 12.5 Å². The second kappa shape index (κ2) is 6.79. The summed E-state index contributed by atoms with van der Waals surface area (Å²) in [5, 5.41) is 2.82. The molecule has 0 unspecified atom stereocenters. The van der Waals surface area contributed by atoms with Crippen LogP contribution >= 0.6 is 0 Å². The Morgan fingerprint density at radius 1 is 1.35 bits per heavy atom. The Hall–Kier alpha value is -2.24. The van der Waals surface area contributed by atoms with Crippen LogP contribution in [0.15, 0.2) is 18.2 Å². The standard InChI is InChI=1S/C14H22N4O2/c1-9(2)7-17-13(19)8-18(3)12-6-10(15)4-5-11(12)14(16)20/h4-6,9H,7-8,15H2,1-3H3,(H2,16,20)(H,17,19). The van der Waals surface area contributed by atoms with Gasteiger partial charge in [-0.05, 0) is 24.1 Å². The van der Waals surface area contributed by atoms with Crippen molar-refractivity contribution in [3.8, 4) is 0 Å². The van der Waals surface area contributed by atoms with Crippen LogP contribution in [0.5, 0.6) is 0 Å². The highest BCUT2D eigenvalue weighted by Crippen LogP contribution is 2.22. The van der Waals surface area contributed by atoms with E-state index in [0.717, 1.165) is 0 Å². The Morgan fingerprint density at radius 3 is 2.55 bits per heavy atom. The molecule has 0 spiro atoms. The highest BCUT2D eigenvalue weighted by Gasteiger charge is 2.14.